The first-order valence-electron chi connectivity index (χ1n) is 1.82. The van der Waals surface area contributed by atoms with E-state index in [9.17, 15) is 18.5 Å². The molecule has 9 heteroatoms. The summed E-state index contributed by atoms with van der Waals surface area (Å²) in [6, 6.07) is -2.55. The van der Waals surface area contributed by atoms with Crippen LogP contribution in [0.2, 0.25) is 0 Å². The quantitative estimate of drug-likeness (QED) is 0.203. The van der Waals surface area contributed by atoms with Gasteiger partial charge in [0.2, 0.25) is 0 Å². The third-order valence-electron chi connectivity index (χ3n) is 0.362. The van der Waals surface area contributed by atoms with Gasteiger partial charge >= 0.3 is 49.4 Å². The van der Waals surface area contributed by atoms with Crippen LogP contribution in [0, 0.1) is 0 Å². The van der Waals surface area contributed by atoms with Crippen LogP contribution in [0.5, 0.6) is 0 Å². The van der Waals surface area contributed by atoms with Crippen LogP contribution in [-0.2, 0) is 18.7 Å². The van der Waals surface area contributed by atoms with E-state index < -0.39 is 19.8 Å². The predicted molar refractivity (Wildman–Crippen MR) is 25.4 cm³/mol. The summed E-state index contributed by atoms with van der Waals surface area (Å²) in [7, 11) is -5.09. The van der Waals surface area contributed by atoms with Gasteiger partial charge in [0.25, 0.3) is 0 Å². The van der Waals surface area contributed by atoms with Gasteiger partial charge in [-0.1, -0.05) is 0 Å². The Morgan fingerprint density at radius 1 is 1.45 bits per heavy atom. The molecule has 0 saturated heterocycles. The van der Waals surface area contributed by atoms with Crippen molar-refractivity contribution in [1.29, 1.82) is 0 Å². The number of rotatable bonds is 2. The molecule has 6 nitrogen and oxygen atoms in total. The molecular weight excluding hydrogens is 193 g/mol. The minimum atomic E-state index is -5.09. The Bertz CT molecular complexity index is 214. The zero-order valence-electron chi connectivity index (χ0n) is 6.35. The SMILES string of the molecule is O=C(F)C(=O)OP(=O)(O)O.[H-].[Na+]. The molecule has 0 bridgehead atoms. The van der Waals surface area contributed by atoms with E-state index in [1.54, 1.807) is 0 Å². The van der Waals surface area contributed by atoms with Gasteiger partial charge in [0.05, 0.1) is 0 Å². The van der Waals surface area contributed by atoms with Crippen LogP contribution in [0.1, 0.15) is 1.43 Å². The van der Waals surface area contributed by atoms with Crippen molar-refractivity contribution in [1.82, 2.24) is 0 Å². The molecule has 0 aromatic carbocycles. The van der Waals surface area contributed by atoms with Crippen LogP contribution in [0.3, 0.4) is 0 Å². The van der Waals surface area contributed by atoms with Crippen molar-refractivity contribution in [3.63, 3.8) is 0 Å². The Morgan fingerprint density at radius 3 is 1.91 bits per heavy atom. The average molecular weight is 196 g/mol. The number of hydrogen-bond acceptors (Lipinski definition) is 4. The summed E-state index contributed by atoms with van der Waals surface area (Å²) in [6.07, 6.45) is 0. The molecule has 0 heterocycles. The third kappa shape index (κ3) is 8.12. The Balaban J connectivity index is -0.000000405. The number of carbonyl (C=O) groups excluding carboxylic acids is 2. The minimum Gasteiger partial charge on any atom is -1.00 e. The van der Waals surface area contributed by atoms with E-state index in [0.717, 1.165) is 0 Å². The fraction of sp³-hybridized carbons (Fsp3) is 0. The summed E-state index contributed by atoms with van der Waals surface area (Å²) < 4.78 is 23.8. The van der Waals surface area contributed by atoms with E-state index in [2.05, 4.69) is 4.52 Å². The molecule has 0 aromatic rings. The van der Waals surface area contributed by atoms with Crippen LogP contribution < -0.4 is 29.6 Å². The molecule has 0 unspecified atom stereocenters. The van der Waals surface area contributed by atoms with Crippen molar-refractivity contribution in [2.45, 2.75) is 0 Å². The average Bonchev–Trinajstić information content (AvgIpc) is 1.60. The summed E-state index contributed by atoms with van der Waals surface area (Å²) in [5.74, 6) is -2.20. The van der Waals surface area contributed by atoms with Crippen molar-refractivity contribution >= 4 is 19.8 Å². The first-order chi connectivity index (χ1) is 4.33. The van der Waals surface area contributed by atoms with Crippen molar-refractivity contribution in [3.8, 4) is 0 Å². The van der Waals surface area contributed by atoms with E-state index in [4.69, 9.17) is 9.79 Å². The van der Waals surface area contributed by atoms with Crippen molar-refractivity contribution in [2.24, 2.45) is 0 Å². The Hall–Kier alpha value is 0.220. The van der Waals surface area contributed by atoms with Gasteiger partial charge in [-0.2, -0.15) is 4.39 Å². The molecule has 0 aromatic heterocycles. The molecule has 0 radical (unpaired) electrons. The summed E-state index contributed by atoms with van der Waals surface area (Å²) in [4.78, 5) is 34.6. The molecule has 0 aliphatic rings. The summed E-state index contributed by atoms with van der Waals surface area (Å²) in [5.41, 5.74) is 0. The molecule has 11 heavy (non-hydrogen) atoms. The smallest absolute Gasteiger partial charge is 1.00 e. The second-order valence-corrected chi connectivity index (χ2v) is 2.31. The van der Waals surface area contributed by atoms with Crippen LogP contribution in [0.4, 0.5) is 4.39 Å². The standard InChI is InChI=1S/C2H2FO6P.Na.H/c3-1(4)2(5)9-10(6,7)8;;/h(H2,6,7,8);;/q;+1;-1. The first kappa shape index (κ1) is 13.8. The Labute approximate surface area is 83.7 Å². The number of carbonyl (C=O) groups is 2. The first-order valence-corrected chi connectivity index (χ1v) is 3.35. The van der Waals surface area contributed by atoms with E-state index >= 15 is 0 Å². The molecular formula is C2H3FNaO6P. The van der Waals surface area contributed by atoms with Crippen LogP contribution in [0.25, 0.3) is 0 Å². The topological polar surface area (TPSA) is 101 Å². The van der Waals surface area contributed by atoms with E-state index in [-0.39, 0.29) is 31.0 Å². The number of hydrogen-bond donors (Lipinski definition) is 2. The zero-order valence-corrected chi connectivity index (χ0v) is 8.25. The third-order valence-corrected chi connectivity index (χ3v) is 0.766. The normalized spacial score (nSPS) is 9.73. The van der Waals surface area contributed by atoms with Crippen LogP contribution >= 0.6 is 7.82 Å². The molecule has 0 atom stereocenters. The summed E-state index contributed by atoms with van der Waals surface area (Å²) in [6.45, 7) is 0. The second kappa shape index (κ2) is 4.97. The summed E-state index contributed by atoms with van der Waals surface area (Å²) in [5, 5.41) is 0. The van der Waals surface area contributed by atoms with E-state index in [0.29, 0.717) is 0 Å². The molecule has 0 amide bonds. The molecule has 0 aliphatic heterocycles. The van der Waals surface area contributed by atoms with E-state index in [1.165, 1.54) is 0 Å². The van der Waals surface area contributed by atoms with Gasteiger partial charge in [0.1, 0.15) is 0 Å². The van der Waals surface area contributed by atoms with E-state index in [1.807, 2.05) is 0 Å². The Morgan fingerprint density at radius 2 is 1.82 bits per heavy atom. The van der Waals surface area contributed by atoms with Gasteiger partial charge < -0.3 is 5.95 Å². The molecule has 0 fully saturated rings. The largest absolute Gasteiger partial charge is 1.00 e. The van der Waals surface area contributed by atoms with Crippen molar-refractivity contribution in [3.05, 3.63) is 0 Å². The van der Waals surface area contributed by atoms with Crippen molar-refractivity contribution < 1.29 is 63.8 Å². The maximum Gasteiger partial charge on any atom is 1.00 e. The fourth-order valence-corrected chi connectivity index (χ4v) is 0.432. The van der Waals surface area contributed by atoms with Gasteiger partial charge in [-0.25, -0.2) is 14.2 Å². The summed E-state index contributed by atoms with van der Waals surface area (Å²) >= 11 is 0. The molecule has 0 spiro atoms. The number of halogens is 1. The van der Waals surface area contributed by atoms with Crippen molar-refractivity contribution in [2.75, 3.05) is 0 Å². The van der Waals surface area contributed by atoms with Crippen LogP contribution in [-0.4, -0.2) is 21.8 Å². The number of phosphoric ester groups is 1. The maximum absolute atomic E-state index is 11.2. The molecule has 60 valence electrons. The molecule has 2 N–H and O–H groups in total. The minimum absolute atomic E-state index is 0. The Kier molecular flexibility index (Phi) is 6.23. The van der Waals surface area contributed by atoms with Gasteiger partial charge in [0.15, 0.2) is 0 Å². The van der Waals surface area contributed by atoms with Gasteiger partial charge in [-0.3, -0.25) is 9.79 Å². The van der Waals surface area contributed by atoms with Gasteiger partial charge in [-0.15, -0.1) is 0 Å². The monoisotopic (exact) mass is 196 g/mol. The second-order valence-electron chi connectivity index (χ2n) is 1.14. The van der Waals surface area contributed by atoms with Gasteiger partial charge in [-0.05, 0) is 0 Å². The molecule has 0 aliphatic carbocycles. The number of phosphoric acid groups is 1. The fourth-order valence-electron chi connectivity index (χ4n) is 0.144. The molecule has 0 rings (SSSR count). The van der Waals surface area contributed by atoms with Gasteiger partial charge in [0, 0.05) is 0 Å². The molecule has 0 saturated carbocycles. The zero-order chi connectivity index (χ0) is 8.36. The predicted octanol–water partition coefficient (Wildman–Crippen LogP) is -3.77. The maximum atomic E-state index is 11.2. The van der Waals surface area contributed by atoms with Crippen LogP contribution in [0.15, 0.2) is 0 Å².